The predicted molar refractivity (Wildman–Crippen MR) is 41.2 cm³/mol. The summed E-state index contributed by atoms with van der Waals surface area (Å²) in [5.41, 5.74) is 0. The maximum atomic E-state index is 11.7. The summed E-state index contributed by atoms with van der Waals surface area (Å²) >= 11 is 0. The molecule has 0 aromatic heterocycles. The van der Waals surface area contributed by atoms with Crippen LogP contribution >= 0.6 is 0 Å². The lowest BCUT2D eigenvalue weighted by molar-refractivity contribution is -0.202. The third kappa shape index (κ3) is 5.84. The largest absolute Gasteiger partial charge is 0.415 e. The number of halogens is 3. The number of hydrogen-bond acceptors (Lipinski definition) is 3. The van der Waals surface area contributed by atoms with Gasteiger partial charge >= 0.3 is 6.18 Å². The average molecular weight is 201 g/mol. The van der Waals surface area contributed by atoms with Gasteiger partial charge in [-0.3, -0.25) is 0 Å². The van der Waals surface area contributed by atoms with Crippen molar-refractivity contribution in [1.29, 1.82) is 0 Å². The van der Waals surface area contributed by atoms with Crippen molar-refractivity contribution < 1.29 is 23.4 Å². The molecule has 0 amide bonds. The second kappa shape index (κ2) is 5.41. The van der Waals surface area contributed by atoms with Crippen LogP contribution in [-0.2, 0) is 0 Å². The van der Waals surface area contributed by atoms with Crippen LogP contribution in [0.2, 0.25) is 0 Å². The minimum absolute atomic E-state index is 0.0592. The van der Waals surface area contributed by atoms with E-state index in [0.717, 1.165) is 0 Å². The maximum absolute atomic E-state index is 11.7. The summed E-state index contributed by atoms with van der Waals surface area (Å²) in [6, 6.07) is 0. The van der Waals surface area contributed by atoms with Crippen LogP contribution in [0.1, 0.15) is 13.3 Å². The number of rotatable bonds is 5. The number of aliphatic hydroxyl groups excluding tert-OH is 2. The average Bonchev–Trinajstić information content (AvgIpc) is 2.02. The van der Waals surface area contributed by atoms with E-state index in [1.54, 1.807) is 6.92 Å². The van der Waals surface area contributed by atoms with Crippen molar-refractivity contribution in [2.45, 2.75) is 31.7 Å². The van der Waals surface area contributed by atoms with Crippen LogP contribution in [0.3, 0.4) is 0 Å². The van der Waals surface area contributed by atoms with E-state index in [2.05, 4.69) is 5.32 Å². The van der Waals surface area contributed by atoms with E-state index >= 15 is 0 Å². The first-order valence-corrected chi connectivity index (χ1v) is 4.01. The van der Waals surface area contributed by atoms with E-state index in [-0.39, 0.29) is 6.54 Å². The minimum atomic E-state index is -4.59. The molecule has 0 aromatic carbocycles. The third-order valence-corrected chi connectivity index (χ3v) is 1.57. The molecule has 2 atom stereocenters. The van der Waals surface area contributed by atoms with Gasteiger partial charge in [-0.2, -0.15) is 13.2 Å². The molecular weight excluding hydrogens is 187 g/mol. The van der Waals surface area contributed by atoms with Gasteiger partial charge in [-0.15, -0.1) is 0 Å². The van der Waals surface area contributed by atoms with Gasteiger partial charge in [0, 0.05) is 13.1 Å². The molecule has 0 bridgehead atoms. The molecule has 3 N–H and O–H groups in total. The zero-order valence-corrected chi connectivity index (χ0v) is 7.30. The third-order valence-electron chi connectivity index (χ3n) is 1.57. The Morgan fingerprint density at radius 3 is 2.15 bits per heavy atom. The van der Waals surface area contributed by atoms with Gasteiger partial charge in [-0.1, -0.05) is 6.92 Å². The van der Waals surface area contributed by atoms with Gasteiger partial charge in [-0.05, 0) is 6.42 Å². The van der Waals surface area contributed by atoms with Crippen molar-refractivity contribution in [3.8, 4) is 0 Å². The molecule has 0 saturated carbocycles. The van der Waals surface area contributed by atoms with E-state index in [4.69, 9.17) is 10.2 Å². The molecule has 3 nitrogen and oxygen atoms in total. The highest BCUT2D eigenvalue weighted by Crippen LogP contribution is 2.18. The fourth-order valence-electron chi connectivity index (χ4n) is 0.647. The van der Waals surface area contributed by atoms with Crippen LogP contribution in [0.5, 0.6) is 0 Å². The molecule has 0 rings (SSSR count). The Labute approximate surface area is 74.6 Å². The zero-order chi connectivity index (χ0) is 10.5. The van der Waals surface area contributed by atoms with Crippen molar-refractivity contribution in [2.24, 2.45) is 0 Å². The van der Waals surface area contributed by atoms with Gasteiger partial charge in [-0.25, -0.2) is 0 Å². The van der Waals surface area contributed by atoms with E-state index in [1.807, 2.05) is 0 Å². The predicted octanol–water partition coefficient (Wildman–Crippen LogP) is 0.270. The van der Waals surface area contributed by atoms with Crippen molar-refractivity contribution in [1.82, 2.24) is 5.32 Å². The maximum Gasteiger partial charge on any atom is 0.415 e. The molecule has 0 aromatic rings. The second-order valence-electron chi connectivity index (χ2n) is 2.78. The molecule has 0 aliphatic heterocycles. The monoisotopic (exact) mass is 201 g/mol. The number of nitrogens with one attached hydrogen (secondary N) is 1. The van der Waals surface area contributed by atoms with Gasteiger partial charge in [0.05, 0.1) is 6.10 Å². The lowest BCUT2D eigenvalue weighted by Gasteiger charge is -2.16. The number of alkyl halides is 3. The summed E-state index contributed by atoms with van der Waals surface area (Å²) in [4.78, 5) is 0. The van der Waals surface area contributed by atoms with E-state index in [0.29, 0.717) is 6.42 Å². The molecule has 0 saturated heterocycles. The molecule has 80 valence electrons. The minimum Gasteiger partial charge on any atom is -0.392 e. The molecule has 6 heteroatoms. The Kier molecular flexibility index (Phi) is 5.27. The fourth-order valence-corrected chi connectivity index (χ4v) is 0.647. The van der Waals surface area contributed by atoms with Crippen LogP contribution in [-0.4, -0.2) is 41.7 Å². The molecular formula is C7H14F3NO2. The van der Waals surface area contributed by atoms with Gasteiger partial charge in [0.1, 0.15) is 0 Å². The fraction of sp³-hybridized carbons (Fsp3) is 1.00. The van der Waals surface area contributed by atoms with Gasteiger partial charge in [0.15, 0.2) is 6.10 Å². The summed E-state index contributed by atoms with van der Waals surface area (Å²) in [6.07, 6.45) is -7.16. The van der Waals surface area contributed by atoms with Crippen LogP contribution in [0, 0.1) is 0 Å². The Morgan fingerprint density at radius 1 is 1.23 bits per heavy atom. The number of hydrogen-bond donors (Lipinski definition) is 3. The number of aliphatic hydroxyl groups is 2. The molecule has 0 heterocycles. The first-order valence-electron chi connectivity index (χ1n) is 4.01. The quantitative estimate of drug-likeness (QED) is 0.598. The van der Waals surface area contributed by atoms with Gasteiger partial charge in [0.2, 0.25) is 0 Å². The zero-order valence-electron chi connectivity index (χ0n) is 7.30. The Morgan fingerprint density at radius 2 is 1.77 bits per heavy atom. The topological polar surface area (TPSA) is 52.5 Å². The van der Waals surface area contributed by atoms with Crippen LogP contribution in [0.25, 0.3) is 0 Å². The summed E-state index contributed by atoms with van der Waals surface area (Å²) in [7, 11) is 0. The molecule has 0 fully saturated rings. The van der Waals surface area contributed by atoms with Gasteiger partial charge in [0.25, 0.3) is 0 Å². The molecule has 0 spiro atoms. The second-order valence-corrected chi connectivity index (χ2v) is 2.78. The van der Waals surface area contributed by atoms with Crippen LogP contribution in [0.4, 0.5) is 13.2 Å². The van der Waals surface area contributed by atoms with E-state index < -0.39 is 24.9 Å². The van der Waals surface area contributed by atoms with Crippen LogP contribution < -0.4 is 5.32 Å². The Hall–Kier alpha value is -0.330. The highest BCUT2D eigenvalue weighted by molar-refractivity contribution is 4.69. The standard InChI is InChI=1S/C7H14F3NO2/c1-2-5(12)3-11-4-6(13)7(8,9)10/h5-6,11-13H,2-4H2,1H3. The first kappa shape index (κ1) is 12.7. The smallest absolute Gasteiger partial charge is 0.392 e. The molecule has 2 unspecified atom stereocenters. The summed E-state index contributed by atoms with van der Waals surface area (Å²) in [5.74, 6) is 0. The van der Waals surface area contributed by atoms with Crippen molar-refractivity contribution in [2.75, 3.05) is 13.1 Å². The lowest BCUT2D eigenvalue weighted by Crippen LogP contribution is -2.40. The highest BCUT2D eigenvalue weighted by atomic mass is 19.4. The van der Waals surface area contributed by atoms with E-state index in [1.165, 1.54) is 0 Å². The summed E-state index contributed by atoms with van der Waals surface area (Å²) < 4.78 is 35.1. The SMILES string of the molecule is CCC(O)CNCC(O)C(F)(F)F. The van der Waals surface area contributed by atoms with Crippen molar-refractivity contribution in [3.05, 3.63) is 0 Å². The molecule has 0 aliphatic rings. The summed E-state index contributed by atoms with van der Waals surface area (Å²) in [6.45, 7) is 1.19. The highest BCUT2D eigenvalue weighted by Gasteiger charge is 2.37. The molecule has 0 aliphatic carbocycles. The Bertz CT molecular complexity index is 140. The molecule has 13 heavy (non-hydrogen) atoms. The molecule has 0 radical (unpaired) electrons. The van der Waals surface area contributed by atoms with Crippen LogP contribution in [0.15, 0.2) is 0 Å². The summed E-state index contributed by atoms with van der Waals surface area (Å²) in [5, 5.41) is 19.8. The van der Waals surface area contributed by atoms with Crippen molar-refractivity contribution >= 4 is 0 Å². The normalized spacial score (nSPS) is 17.1. The first-order chi connectivity index (χ1) is 5.88. The Balaban J connectivity index is 3.54. The van der Waals surface area contributed by atoms with Gasteiger partial charge < -0.3 is 15.5 Å². The lowest BCUT2D eigenvalue weighted by atomic mass is 10.2. The van der Waals surface area contributed by atoms with Crippen molar-refractivity contribution in [3.63, 3.8) is 0 Å². The van der Waals surface area contributed by atoms with E-state index in [9.17, 15) is 13.2 Å².